The van der Waals surface area contributed by atoms with E-state index >= 15 is 0 Å². The van der Waals surface area contributed by atoms with E-state index in [2.05, 4.69) is 0 Å². The van der Waals surface area contributed by atoms with Crippen LogP contribution < -0.4 is 0 Å². The molecule has 0 aromatic rings. The standard InChI is InChI=1S/C7H14O5/c1-2-4(8)7(12)5(9)3-6(10)11/h4-5,7-9,12H,2-3H2,1H3,(H,10,11). The number of aliphatic carboxylic acids is 1. The summed E-state index contributed by atoms with van der Waals surface area (Å²) in [6, 6.07) is 0. The van der Waals surface area contributed by atoms with Crippen LogP contribution in [0.4, 0.5) is 0 Å². The first-order valence-electron chi connectivity index (χ1n) is 3.75. The number of aliphatic hydroxyl groups is 3. The quantitative estimate of drug-likeness (QED) is 0.431. The topological polar surface area (TPSA) is 98.0 Å². The van der Waals surface area contributed by atoms with Gasteiger partial charge in [-0.3, -0.25) is 4.79 Å². The zero-order valence-corrected chi connectivity index (χ0v) is 6.84. The maximum Gasteiger partial charge on any atom is 0.306 e. The van der Waals surface area contributed by atoms with Crippen molar-refractivity contribution < 1.29 is 25.2 Å². The zero-order chi connectivity index (χ0) is 9.72. The number of hydrogen-bond donors (Lipinski definition) is 4. The van der Waals surface area contributed by atoms with E-state index in [0.717, 1.165) is 0 Å². The summed E-state index contributed by atoms with van der Waals surface area (Å²) in [7, 11) is 0. The maximum absolute atomic E-state index is 10.1. The first kappa shape index (κ1) is 11.4. The van der Waals surface area contributed by atoms with E-state index in [9.17, 15) is 4.79 Å². The molecule has 0 aromatic carbocycles. The van der Waals surface area contributed by atoms with Gasteiger partial charge in [0.2, 0.25) is 0 Å². The lowest BCUT2D eigenvalue weighted by atomic mass is 10.0. The molecule has 4 N–H and O–H groups in total. The molecule has 0 aliphatic carbocycles. The van der Waals surface area contributed by atoms with Crippen molar-refractivity contribution >= 4 is 5.97 Å². The molecule has 0 aliphatic rings. The van der Waals surface area contributed by atoms with Crippen LogP contribution in [0.5, 0.6) is 0 Å². The van der Waals surface area contributed by atoms with E-state index < -0.39 is 30.7 Å². The van der Waals surface area contributed by atoms with Gasteiger partial charge in [0.1, 0.15) is 6.10 Å². The lowest BCUT2D eigenvalue weighted by molar-refractivity contribution is -0.143. The number of rotatable bonds is 5. The third kappa shape index (κ3) is 3.66. The van der Waals surface area contributed by atoms with E-state index in [1.165, 1.54) is 0 Å². The fraction of sp³-hybridized carbons (Fsp3) is 0.857. The first-order chi connectivity index (χ1) is 5.49. The minimum absolute atomic E-state index is 0.276. The molecule has 0 amide bonds. The summed E-state index contributed by atoms with van der Waals surface area (Å²) in [5, 5.41) is 35.3. The van der Waals surface area contributed by atoms with Crippen molar-refractivity contribution in [1.82, 2.24) is 0 Å². The third-order valence-corrected chi connectivity index (χ3v) is 1.59. The zero-order valence-electron chi connectivity index (χ0n) is 6.84. The highest BCUT2D eigenvalue weighted by Crippen LogP contribution is 2.06. The van der Waals surface area contributed by atoms with Crippen LogP contribution in [0.2, 0.25) is 0 Å². The van der Waals surface area contributed by atoms with Crippen molar-refractivity contribution in [3.63, 3.8) is 0 Å². The normalized spacial score (nSPS) is 18.3. The molecule has 0 rings (SSSR count). The summed E-state index contributed by atoms with van der Waals surface area (Å²) < 4.78 is 0. The van der Waals surface area contributed by atoms with Crippen LogP contribution in [-0.4, -0.2) is 44.7 Å². The number of carbonyl (C=O) groups is 1. The Balaban J connectivity index is 3.91. The van der Waals surface area contributed by atoms with Crippen molar-refractivity contribution in [3.8, 4) is 0 Å². The van der Waals surface area contributed by atoms with Crippen molar-refractivity contribution in [1.29, 1.82) is 0 Å². The number of carboxylic acids is 1. The Hall–Kier alpha value is -0.650. The van der Waals surface area contributed by atoms with Gasteiger partial charge in [-0.2, -0.15) is 0 Å². The van der Waals surface area contributed by atoms with Crippen LogP contribution in [0.15, 0.2) is 0 Å². The van der Waals surface area contributed by atoms with Gasteiger partial charge in [-0.15, -0.1) is 0 Å². The Labute approximate surface area is 70.3 Å². The van der Waals surface area contributed by atoms with Gasteiger partial charge in [-0.25, -0.2) is 0 Å². The third-order valence-electron chi connectivity index (χ3n) is 1.59. The molecule has 0 fully saturated rings. The summed E-state index contributed by atoms with van der Waals surface area (Å²) in [5.41, 5.74) is 0. The summed E-state index contributed by atoms with van der Waals surface area (Å²) in [4.78, 5) is 10.1. The van der Waals surface area contributed by atoms with Gasteiger partial charge in [0, 0.05) is 0 Å². The van der Waals surface area contributed by atoms with E-state index in [0.29, 0.717) is 0 Å². The van der Waals surface area contributed by atoms with E-state index in [-0.39, 0.29) is 6.42 Å². The Morgan fingerprint density at radius 3 is 2.08 bits per heavy atom. The molecule has 0 heterocycles. The van der Waals surface area contributed by atoms with Crippen molar-refractivity contribution in [2.75, 3.05) is 0 Å². The fourth-order valence-corrected chi connectivity index (χ4v) is 0.798. The number of hydrogen-bond acceptors (Lipinski definition) is 4. The molecule has 0 aromatic heterocycles. The summed E-state index contributed by atoms with van der Waals surface area (Å²) in [5.74, 6) is -1.20. The summed E-state index contributed by atoms with van der Waals surface area (Å²) in [6.07, 6.45) is -4.14. The second kappa shape index (κ2) is 5.08. The maximum atomic E-state index is 10.1. The number of aliphatic hydroxyl groups excluding tert-OH is 3. The van der Waals surface area contributed by atoms with Crippen molar-refractivity contribution in [3.05, 3.63) is 0 Å². The highest BCUT2D eigenvalue weighted by atomic mass is 16.4. The molecule has 0 spiro atoms. The second-order valence-electron chi connectivity index (χ2n) is 2.63. The van der Waals surface area contributed by atoms with Gasteiger partial charge < -0.3 is 20.4 Å². The SMILES string of the molecule is CCC(O)C(O)C(O)CC(=O)O. The largest absolute Gasteiger partial charge is 0.481 e. The molecule has 0 aliphatic heterocycles. The van der Waals surface area contributed by atoms with Crippen LogP contribution in [0, 0.1) is 0 Å². The minimum atomic E-state index is -1.41. The lowest BCUT2D eigenvalue weighted by Crippen LogP contribution is -2.38. The summed E-state index contributed by atoms with van der Waals surface area (Å²) >= 11 is 0. The monoisotopic (exact) mass is 178 g/mol. The first-order valence-corrected chi connectivity index (χ1v) is 3.75. The Bertz CT molecular complexity index is 147. The molecule has 3 unspecified atom stereocenters. The molecule has 5 heteroatoms. The minimum Gasteiger partial charge on any atom is -0.481 e. The van der Waals surface area contributed by atoms with Crippen LogP contribution in [-0.2, 0) is 4.79 Å². The van der Waals surface area contributed by atoms with Crippen LogP contribution >= 0.6 is 0 Å². The van der Waals surface area contributed by atoms with Crippen LogP contribution in [0.25, 0.3) is 0 Å². The van der Waals surface area contributed by atoms with Gasteiger partial charge >= 0.3 is 5.97 Å². The van der Waals surface area contributed by atoms with Crippen molar-refractivity contribution in [2.45, 2.75) is 38.1 Å². The smallest absolute Gasteiger partial charge is 0.306 e. The van der Waals surface area contributed by atoms with Crippen LogP contribution in [0.1, 0.15) is 19.8 Å². The predicted octanol–water partition coefficient (Wildman–Crippen LogP) is -1.05. The van der Waals surface area contributed by atoms with E-state index in [1.54, 1.807) is 6.92 Å². The van der Waals surface area contributed by atoms with Crippen LogP contribution in [0.3, 0.4) is 0 Å². The fourth-order valence-electron chi connectivity index (χ4n) is 0.798. The van der Waals surface area contributed by atoms with Gasteiger partial charge in [0.25, 0.3) is 0 Å². The lowest BCUT2D eigenvalue weighted by Gasteiger charge is -2.20. The Morgan fingerprint density at radius 2 is 1.75 bits per heavy atom. The van der Waals surface area contributed by atoms with E-state index in [4.69, 9.17) is 20.4 Å². The average Bonchev–Trinajstić information content (AvgIpc) is 2.00. The predicted molar refractivity (Wildman–Crippen MR) is 40.6 cm³/mol. The molecular weight excluding hydrogens is 164 g/mol. The average molecular weight is 178 g/mol. The molecular formula is C7H14O5. The molecule has 0 radical (unpaired) electrons. The Morgan fingerprint density at radius 1 is 1.25 bits per heavy atom. The molecule has 0 saturated heterocycles. The molecule has 3 atom stereocenters. The molecule has 72 valence electrons. The molecule has 5 nitrogen and oxygen atoms in total. The number of carboxylic acid groups (broad SMARTS) is 1. The summed E-state index contributed by atoms with van der Waals surface area (Å²) in [6.45, 7) is 1.63. The van der Waals surface area contributed by atoms with Gasteiger partial charge in [0.05, 0.1) is 18.6 Å². The van der Waals surface area contributed by atoms with Gasteiger partial charge in [-0.05, 0) is 6.42 Å². The second-order valence-corrected chi connectivity index (χ2v) is 2.63. The molecule has 0 bridgehead atoms. The van der Waals surface area contributed by atoms with Gasteiger partial charge in [-0.1, -0.05) is 6.92 Å². The molecule has 12 heavy (non-hydrogen) atoms. The van der Waals surface area contributed by atoms with Crippen molar-refractivity contribution in [2.24, 2.45) is 0 Å². The van der Waals surface area contributed by atoms with E-state index in [1.807, 2.05) is 0 Å². The van der Waals surface area contributed by atoms with Gasteiger partial charge in [0.15, 0.2) is 0 Å². The molecule has 0 saturated carbocycles. The highest BCUT2D eigenvalue weighted by Gasteiger charge is 2.24. The Kier molecular flexibility index (Phi) is 4.80. The highest BCUT2D eigenvalue weighted by molar-refractivity contribution is 5.67.